The quantitative estimate of drug-likeness (QED) is 0.175. The van der Waals surface area contributed by atoms with Gasteiger partial charge in [-0.15, -0.1) is 0 Å². The zero-order valence-electron chi connectivity index (χ0n) is 45.6. The monoisotopic (exact) mass is 1070 g/mol. The highest BCUT2D eigenvalue weighted by Gasteiger charge is 2.54. The number of hydrogen-bond acceptors (Lipinski definition) is 3. The first-order valence-electron chi connectivity index (χ1n) is 29.2. The van der Waals surface area contributed by atoms with Gasteiger partial charge >= 0.3 is 0 Å². The van der Waals surface area contributed by atoms with Crippen molar-refractivity contribution in [3.05, 3.63) is 364 Å². The molecule has 13 aromatic carbocycles. The minimum Gasteiger partial charge on any atom is -0.457 e. The number of para-hydroxylation sites is 4. The van der Waals surface area contributed by atoms with Crippen LogP contribution in [0.4, 0.5) is 17.1 Å². The van der Waals surface area contributed by atoms with Crippen molar-refractivity contribution in [2.45, 2.75) is 16.2 Å². The van der Waals surface area contributed by atoms with Crippen molar-refractivity contribution in [1.29, 1.82) is 0 Å². The van der Waals surface area contributed by atoms with E-state index in [1.807, 2.05) is 0 Å². The Morgan fingerprint density at radius 1 is 0.190 bits per heavy atom. The second kappa shape index (κ2) is 16.7. The van der Waals surface area contributed by atoms with E-state index in [4.69, 9.17) is 9.47 Å². The number of rotatable bonds is 4. The van der Waals surface area contributed by atoms with Gasteiger partial charge in [0.15, 0.2) is 0 Å². The first-order valence-corrected chi connectivity index (χ1v) is 29.2. The molecule has 0 amide bonds. The minimum absolute atomic E-state index is 0.514. The van der Waals surface area contributed by atoms with Gasteiger partial charge in [0.2, 0.25) is 0 Å². The molecule has 2 heterocycles. The lowest BCUT2D eigenvalue weighted by molar-refractivity contribution is 0.436. The topological polar surface area (TPSA) is 21.7 Å². The van der Waals surface area contributed by atoms with E-state index in [1.165, 1.54) is 89.0 Å². The number of fused-ring (bicyclic) bond motifs is 28. The molecular weight excluding hydrogens is 1020 g/mol. The second-order valence-electron chi connectivity index (χ2n) is 23.3. The molecule has 13 aromatic rings. The summed E-state index contributed by atoms with van der Waals surface area (Å²) in [5.41, 5.74) is 28.8. The Bertz CT molecular complexity index is 4850. The third-order valence-corrected chi connectivity index (χ3v) is 19.6. The van der Waals surface area contributed by atoms with Gasteiger partial charge in [-0.05, 0) is 167 Å². The number of hydrogen-bond donors (Lipinski definition) is 0. The molecule has 0 radical (unpaired) electrons. The number of nitrogens with zero attached hydrogens (tertiary/aromatic N) is 1. The largest absolute Gasteiger partial charge is 0.457 e. The van der Waals surface area contributed by atoms with Crippen LogP contribution in [-0.2, 0) is 16.2 Å². The van der Waals surface area contributed by atoms with Gasteiger partial charge in [0.05, 0.1) is 16.2 Å². The van der Waals surface area contributed by atoms with Crippen molar-refractivity contribution in [3.8, 4) is 78.6 Å². The molecule has 0 saturated carbocycles. The van der Waals surface area contributed by atoms with Gasteiger partial charge in [0.25, 0.3) is 0 Å². The first-order chi connectivity index (χ1) is 41.6. The number of anilines is 3. The summed E-state index contributed by atoms with van der Waals surface area (Å²) in [5.74, 6) is 3.54. The van der Waals surface area contributed by atoms with Crippen LogP contribution >= 0.6 is 0 Å². The van der Waals surface area contributed by atoms with Crippen molar-refractivity contribution in [1.82, 2.24) is 0 Å². The number of ether oxygens (including phenoxy) is 2. The average molecular weight is 1070 g/mol. The fourth-order valence-electron chi connectivity index (χ4n) is 16.5. The van der Waals surface area contributed by atoms with Crippen LogP contribution in [-0.4, -0.2) is 0 Å². The maximum atomic E-state index is 6.81. The molecule has 3 spiro atoms. The van der Waals surface area contributed by atoms with Gasteiger partial charge in [0.1, 0.15) is 23.0 Å². The predicted molar refractivity (Wildman–Crippen MR) is 338 cm³/mol. The van der Waals surface area contributed by atoms with Crippen LogP contribution in [0.2, 0.25) is 0 Å². The van der Waals surface area contributed by atoms with E-state index in [1.54, 1.807) is 0 Å². The van der Waals surface area contributed by atoms with E-state index in [9.17, 15) is 0 Å². The molecule has 3 nitrogen and oxygen atoms in total. The summed E-state index contributed by atoms with van der Waals surface area (Å²) >= 11 is 0. The Balaban J connectivity index is 0.832. The molecule has 3 heteroatoms. The maximum absolute atomic E-state index is 6.81. The van der Waals surface area contributed by atoms with Crippen LogP contribution in [0.3, 0.4) is 0 Å². The summed E-state index contributed by atoms with van der Waals surface area (Å²) in [6.45, 7) is 0. The molecule has 0 aromatic heterocycles. The fraction of sp³-hybridized carbons (Fsp3) is 0.0370. The smallest absolute Gasteiger partial charge is 0.132 e. The molecule has 19 rings (SSSR count). The van der Waals surface area contributed by atoms with E-state index in [0.29, 0.717) is 0 Å². The molecule has 0 unspecified atom stereocenters. The van der Waals surface area contributed by atoms with Crippen LogP contribution in [0.25, 0.3) is 55.6 Å². The van der Waals surface area contributed by atoms with Crippen LogP contribution in [0.1, 0.15) is 66.8 Å². The summed E-state index contributed by atoms with van der Waals surface area (Å²) in [7, 11) is 0. The van der Waals surface area contributed by atoms with Gasteiger partial charge in [-0.2, -0.15) is 0 Å². The van der Waals surface area contributed by atoms with E-state index < -0.39 is 16.2 Å². The first kappa shape index (κ1) is 45.9. The molecule has 4 aliphatic carbocycles. The van der Waals surface area contributed by atoms with Gasteiger partial charge in [-0.3, -0.25) is 0 Å². The van der Waals surface area contributed by atoms with Gasteiger partial charge in [-0.1, -0.05) is 231 Å². The SMILES string of the molecule is c1ccc2c(c1)Oc1ccccc1C21c2ccccc2-c2ccc(-c3ccc(N(c4ccc5c(c4)C4(c6ccccc6Oc6ccccc64)c4ccccc4-5)c4ccc5c(c4)C4(c6ccccc6-c6ccccc64)c4ccccc4-5)cc3)cc21. The molecule has 0 bridgehead atoms. The highest BCUT2D eigenvalue weighted by Crippen LogP contribution is 2.67. The Morgan fingerprint density at radius 3 is 0.798 bits per heavy atom. The predicted octanol–water partition coefficient (Wildman–Crippen LogP) is 20.1. The molecule has 0 saturated heterocycles. The minimum atomic E-state index is -0.639. The molecule has 2 aliphatic heterocycles. The number of benzene rings is 13. The van der Waals surface area contributed by atoms with Crippen LogP contribution in [0.15, 0.2) is 297 Å². The average Bonchev–Trinajstić information content (AvgIpc) is 1.57. The van der Waals surface area contributed by atoms with E-state index >= 15 is 0 Å². The zero-order valence-corrected chi connectivity index (χ0v) is 45.6. The van der Waals surface area contributed by atoms with Crippen LogP contribution in [0, 0.1) is 0 Å². The Labute approximate surface area is 487 Å². The molecule has 390 valence electrons. The van der Waals surface area contributed by atoms with E-state index in [2.05, 4.69) is 302 Å². The van der Waals surface area contributed by atoms with E-state index in [-0.39, 0.29) is 0 Å². The van der Waals surface area contributed by atoms with Crippen molar-refractivity contribution in [3.63, 3.8) is 0 Å². The molecule has 0 fully saturated rings. The lowest BCUT2D eigenvalue weighted by Crippen LogP contribution is -2.32. The van der Waals surface area contributed by atoms with Crippen molar-refractivity contribution in [2.75, 3.05) is 4.90 Å². The summed E-state index contributed by atoms with van der Waals surface area (Å²) in [5, 5.41) is 0. The molecule has 0 atom stereocenters. The van der Waals surface area contributed by atoms with Gasteiger partial charge < -0.3 is 14.4 Å². The highest BCUT2D eigenvalue weighted by molar-refractivity contribution is 5.98. The van der Waals surface area contributed by atoms with Gasteiger partial charge in [-0.25, -0.2) is 0 Å². The lowest BCUT2D eigenvalue weighted by atomic mass is 9.66. The van der Waals surface area contributed by atoms with Crippen molar-refractivity contribution < 1.29 is 9.47 Å². The molecule has 6 aliphatic rings. The standard InChI is InChI=1S/C81H49NO2/c1-6-24-63-55(19-1)56-20-2-7-25-64(56)79(63)65-26-8-3-22-58(65)61-45-42-53(48-73(61)79)82(54-43-46-62-59-23-5-10-28-67(59)81(74(62)49-54)70-31-13-17-35-77(70)84-78-36-18-14-32-71(78)81)52-40-37-50(38-41-52)51-39-44-60-57-21-4-9-27-66(57)80(72(60)47-51)68-29-11-15-33-75(68)83-76-34-16-12-30-69(76)80/h1-49H. The maximum Gasteiger partial charge on any atom is 0.132 e. The Kier molecular flexibility index (Phi) is 9.13. The van der Waals surface area contributed by atoms with Crippen LogP contribution < -0.4 is 14.4 Å². The lowest BCUT2D eigenvalue weighted by Gasteiger charge is -2.39. The third kappa shape index (κ3) is 5.66. The van der Waals surface area contributed by atoms with Crippen molar-refractivity contribution in [2.24, 2.45) is 0 Å². The normalized spacial score (nSPS) is 14.9. The van der Waals surface area contributed by atoms with Crippen molar-refractivity contribution >= 4 is 17.1 Å². The third-order valence-electron chi connectivity index (χ3n) is 19.6. The molecule has 84 heavy (non-hydrogen) atoms. The Hall–Kier alpha value is -10.7. The summed E-state index contributed by atoms with van der Waals surface area (Å²) in [6, 6.07) is 111. The van der Waals surface area contributed by atoms with E-state index in [0.717, 1.165) is 73.4 Å². The second-order valence-corrected chi connectivity index (χ2v) is 23.3. The fourth-order valence-corrected chi connectivity index (χ4v) is 16.5. The summed E-state index contributed by atoms with van der Waals surface area (Å²) in [4.78, 5) is 2.51. The zero-order chi connectivity index (χ0) is 54.9. The molecular formula is C81H49NO2. The summed E-state index contributed by atoms with van der Waals surface area (Å²) < 4.78 is 13.5. The molecule has 0 N–H and O–H groups in total. The highest BCUT2D eigenvalue weighted by atomic mass is 16.5. The summed E-state index contributed by atoms with van der Waals surface area (Å²) in [6.07, 6.45) is 0. The Morgan fingerprint density at radius 2 is 0.440 bits per heavy atom. The van der Waals surface area contributed by atoms with Crippen LogP contribution in [0.5, 0.6) is 23.0 Å². The van der Waals surface area contributed by atoms with Gasteiger partial charge in [0, 0.05) is 39.3 Å².